The maximum Gasteiger partial charge on any atom is 0.278 e. The van der Waals surface area contributed by atoms with Gasteiger partial charge in [-0.3, -0.25) is 4.79 Å². The first kappa shape index (κ1) is 10.8. The van der Waals surface area contributed by atoms with Crippen molar-refractivity contribution in [3.05, 3.63) is 26.6 Å². The SMILES string of the molecule is CN1CCC(c2cc(Br)c(=O)[nH]n2)CC1. The van der Waals surface area contributed by atoms with Crippen LogP contribution in [0, 0.1) is 0 Å². The average Bonchev–Trinajstić information content (AvgIpc) is 2.23. The van der Waals surface area contributed by atoms with Crippen molar-refractivity contribution in [2.24, 2.45) is 0 Å². The Hall–Kier alpha value is -0.680. The van der Waals surface area contributed by atoms with Gasteiger partial charge in [0.05, 0.1) is 10.2 Å². The Labute approximate surface area is 96.8 Å². The fraction of sp³-hybridized carbons (Fsp3) is 0.600. The molecule has 2 heterocycles. The van der Waals surface area contributed by atoms with Gasteiger partial charge in [-0.15, -0.1) is 0 Å². The van der Waals surface area contributed by atoms with Gasteiger partial charge in [-0.05, 0) is 55.0 Å². The second-order valence-electron chi connectivity index (χ2n) is 4.05. The first-order valence-electron chi connectivity index (χ1n) is 5.10. The van der Waals surface area contributed by atoms with E-state index in [-0.39, 0.29) is 5.56 Å². The molecule has 0 aromatic carbocycles. The van der Waals surface area contributed by atoms with Gasteiger partial charge in [-0.2, -0.15) is 5.10 Å². The van der Waals surface area contributed by atoms with Crippen LogP contribution >= 0.6 is 15.9 Å². The van der Waals surface area contributed by atoms with E-state index in [0.29, 0.717) is 10.4 Å². The summed E-state index contributed by atoms with van der Waals surface area (Å²) >= 11 is 3.23. The zero-order valence-electron chi connectivity index (χ0n) is 8.66. The van der Waals surface area contributed by atoms with Crippen LogP contribution in [-0.4, -0.2) is 35.2 Å². The molecule has 4 nitrogen and oxygen atoms in total. The molecule has 1 aromatic rings. The van der Waals surface area contributed by atoms with Gasteiger partial charge in [0.15, 0.2) is 0 Å². The minimum atomic E-state index is -0.160. The van der Waals surface area contributed by atoms with Gasteiger partial charge >= 0.3 is 0 Å². The van der Waals surface area contributed by atoms with Crippen LogP contribution in [0.3, 0.4) is 0 Å². The molecule has 1 aromatic heterocycles. The van der Waals surface area contributed by atoms with Gasteiger partial charge in [-0.25, -0.2) is 5.10 Å². The summed E-state index contributed by atoms with van der Waals surface area (Å²) in [6.45, 7) is 2.20. The van der Waals surface area contributed by atoms with Crippen molar-refractivity contribution >= 4 is 15.9 Å². The first-order valence-corrected chi connectivity index (χ1v) is 5.90. The van der Waals surface area contributed by atoms with Crippen LogP contribution in [0.25, 0.3) is 0 Å². The van der Waals surface area contributed by atoms with Crippen molar-refractivity contribution in [2.75, 3.05) is 20.1 Å². The third-order valence-electron chi connectivity index (χ3n) is 2.91. The number of piperidine rings is 1. The quantitative estimate of drug-likeness (QED) is 0.839. The number of halogens is 1. The molecule has 1 aliphatic rings. The van der Waals surface area contributed by atoms with E-state index in [0.717, 1.165) is 31.6 Å². The molecular formula is C10H14BrN3O. The summed E-state index contributed by atoms with van der Waals surface area (Å²) in [7, 11) is 2.13. The highest BCUT2D eigenvalue weighted by molar-refractivity contribution is 9.10. The maximum absolute atomic E-state index is 11.1. The Balaban J connectivity index is 2.16. The molecule has 1 N–H and O–H groups in total. The lowest BCUT2D eigenvalue weighted by atomic mass is 9.94. The van der Waals surface area contributed by atoms with Gasteiger partial charge in [0, 0.05) is 5.92 Å². The molecule has 0 radical (unpaired) electrons. The molecule has 0 aliphatic carbocycles. The second-order valence-corrected chi connectivity index (χ2v) is 4.90. The Kier molecular flexibility index (Phi) is 3.21. The maximum atomic E-state index is 11.1. The molecule has 0 atom stereocenters. The summed E-state index contributed by atoms with van der Waals surface area (Å²) in [5, 5.41) is 6.61. The van der Waals surface area contributed by atoms with Crippen molar-refractivity contribution in [2.45, 2.75) is 18.8 Å². The minimum absolute atomic E-state index is 0.160. The van der Waals surface area contributed by atoms with Crippen LogP contribution in [0.15, 0.2) is 15.3 Å². The summed E-state index contributed by atoms with van der Waals surface area (Å²) in [4.78, 5) is 13.4. The lowest BCUT2D eigenvalue weighted by molar-refractivity contribution is 0.252. The predicted octanol–water partition coefficient (Wildman–Crippen LogP) is 1.34. The second kappa shape index (κ2) is 4.45. The first-order chi connectivity index (χ1) is 7.16. The van der Waals surface area contributed by atoms with Crippen LogP contribution in [0.5, 0.6) is 0 Å². The van der Waals surface area contributed by atoms with E-state index in [1.54, 1.807) is 0 Å². The monoisotopic (exact) mass is 271 g/mol. The number of aromatic nitrogens is 2. The average molecular weight is 272 g/mol. The topological polar surface area (TPSA) is 49.0 Å². The van der Waals surface area contributed by atoms with Crippen molar-refractivity contribution in [1.82, 2.24) is 15.1 Å². The molecule has 5 heteroatoms. The predicted molar refractivity (Wildman–Crippen MR) is 62.0 cm³/mol. The molecular weight excluding hydrogens is 258 g/mol. The number of H-pyrrole nitrogens is 1. The molecule has 2 rings (SSSR count). The van der Waals surface area contributed by atoms with Crippen LogP contribution < -0.4 is 5.56 Å². The number of likely N-dealkylation sites (tertiary alicyclic amines) is 1. The highest BCUT2D eigenvalue weighted by atomic mass is 79.9. The van der Waals surface area contributed by atoms with E-state index in [1.165, 1.54) is 0 Å². The summed E-state index contributed by atoms with van der Waals surface area (Å²) in [5.41, 5.74) is 0.834. The van der Waals surface area contributed by atoms with E-state index in [9.17, 15) is 4.79 Å². The van der Waals surface area contributed by atoms with Gasteiger partial charge in [0.1, 0.15) is 0 Å². The zero-order valence-corrected chi connectivity index (χ0v) is 10.2. The molecule has 0 amide bonds. The fourth-order valence-electron chi connectivity index (χ4n) is 1.91. The number of hydrogen-bond donors (Lipinski definition) is 1. The van der Waals surface area contributed by atoms with Crippen molar-refractivity contribution in [3.63, 3.8) is 0 Å². The molecule has 0 spiro atoms. The smallest absolute Gasteiger partial charge is 0.278 e. The highest BCUT2D eigenvalue weighted by Gasteiger charge is 2.20. The Bertz CT molecular complexity index is 396. The Morgan fingerprint density at radius 3 is 2.80 bits per heavy atom. The molecule has 1 fully saturated rings. The summed E-state index contributed by atoms with van der Waals surface area (Å²) in [6.07, 6.45) is 2.23. The molecule has 0 saturated carbocycles. The number of rotatable bonds is 1. The van der Waals surface area contributed by atoms with Gasteiger partial charge in [-0.1, -0.05) is 0 Å². The van der Waals surface area contributed by atoms with E-state index < -0.39 is 0 Å². The van der Waals surface area contributed by atoms with Crippen LogP contribution in [-0.2, 0) is 0 Å². The summed E-state index contributed by atoms with van der Waals surface area (Å²) in [5.74, 6) is 0.481. The van der Waals surface area contributed by atoms with Crippen molar-refractivity contribution < 1.29 is 0 Å². The molecule has 0 bridgehead atoms. The van der Waals surface area contributed by atoms with Crippen LogP contribution in [0.4, 0.5) is 0 Å². The van der Waals surface area contributed by atoms with E-state index in [1.807, 2.05) is 6.07 Å². The van der Waals surface area contributed by atoms with E-state index in [2.05, 4.69) is 38.1 Å². The molecule has 0 unspecified atom stereocenters. The lowest BCUT2D eigenvalue weighted by Gasteiger charge is -2.28. The van der Waals surface area contributed by atoms with Crippen LogP contribution in [0.2, 0.25) is 0 Å². The van der Waals surface area contributed by atoms with Crippen molar-refractivity contribution in [1.29, 1.82) is 0 Å². The lowest BCUT2D eigenvalue weighted by Crippen LogP contribution is -2.30. The third kappa shape index (κ3) is 2.46. The minimum Gasteiger partial charge on any atom is -0.306 e. The summed E-state index contributed by atoms with van der Waals surface area (Å²) < 4.78 is 0.575. The highest BCUT2D eigenvalue weighted by Crippen LogP contribution is 2.26. The molecule has 1 saturated heterocycles. The van der Waals surface area contributed by atoms with Gasteiger partial charge < -0.3 is 4.90 Å². The molecule has 82 valence electrons. The normalized spacial score (nSPS) is 19.3. The Morgan fingerprint density at radius 2 is 2.20 bits per heavy atom. The standard InChI is InChI=1S/C10H14BrN3O/c1-14-4-2-7(3-5-14)9-6-8(11)10(15)13-12-9/h6-7H,2-5H2,1H3,(H,13,15). The van der Waals surface area contributed by atoms with Gasteiger partial charge in [0.25, 0.3) is 5.56 Å². The van der Waals surface area contributed by atoms with Gasteiger partial charge in [0.2, 0.25) is 0 Å². The fourth-order valence-corrected chi connectivity index (χ4v) is 2.23. The number of hydrogen-bond acceptors (Lipinski definition) is 3. The van der Waals surface area contributed by atoms with E-state index in [4.69, 9.17) is 0 Å². The Morgan fingerprint density at radius 1 is 1.53 bits per heavy atom. The van der Waals surface area contributed by atoms with E-state index >= 15 is 0 Å². The zero-order chi connectivity index (χ0) is 10.8. The third-order valence-corrected chi connectivity index (χ3v) is 3.50. The number of nitrogens with one attached hydrogen (secondary N) is 1. The largest absolute Gasteiger partial charge is 0.306 e. The van der Waals surface area contributed by atoms with Crippen LogP contribution in [0.1, 0.15) is 24.5 Å². The molecule has 15 heavy (non-hydrogen) atoms. The number of nitrogens with zero attached hydrogens (tertiary/aromatic N) is 2. The number of aromatic amines is 1. The van der Waals surface area contributed by atoms with Crippen molar-refractivity contribution in [3.8, 4) is 0 Å². The molecule has 1 aliphatic heterocycles. The summed E-state index contributed by atoms with van der Waals surface area (Å²) in [6, 6.07) is 1.84.